The van der Waals surface area contributed by atoms with Crippen LogP contribution in [0.1, 0.15) is 41.3 Å². The predicted octanol–water partition coefficient (Wildman–Crippen LogP) is 3.69. The second-order valence-electron chi connectivity index (χ2n) is 7.05. The predicted molar refractivity (Wildman–Crippen MR) is 113 cm³/mol. The largest absolute Gasteiger partial charge is 0.336 e. The van der Waals surface area contributed by atoms with Gasteiger partial charge in [-0.2, -0.15) is 0 Å². The van der Waals surface area contributed by atoms with Gasteiger partial charge in [0.2, 0.25) is 0 Å². The van der Waals surface area contributed by atoms with Crippen molar-refractivity contribution in [3.8, 4) is 0 Å². The molecular formula is C22H30ClN3O. The Balaban J connectivity index is 0.00000261. The summed E-state index contributed by atoms with van der Waals surface area (Å²) in [6.07, 6.45) is 2.24. The number of nitrogens with zero attached hydrogens (tertiary/aromatic N) is 2. The highest BCUT2D eigenvalue weighted by Crippen LogP contribution is 2.19. The van der Waals surface area contributed by atoms with Gasteiger partial charge in [-0.25, -0.2) is 0 Å². The van der Waals surface area contributed by atoms with Crippen molar-refractivity contribution >= 4 is 18.3 Å². The Morgan fingerprint density at radius 1 is 1.04 bits per heavy atom. The number of hydrogen-bond acceptors (Lipinski definition) is 3. The second-order valence-corrected chi connectivity index (χ2v) is 7.05. The first-order chi connectivity index (χ1) is 12.7. The van der Waals surface area contributed by atoms with Crippen LogP contribution in [0, 0.1) is 0 Å². The van der Waals surface area contributed by atoms with E-state index in [9.17, 15) is 4.79 Å². The van der Waals surface area contributed by atoms with E-state index in [1.54, 1.807) is 0 Å². The van der Waals surface area contributed by atoms with E-state index >= 15 is 0 Å². The van der Waals surface area contributed by atoms with E-state index in [0.717, 1.165) is 50.1 Å². The third kappa shape index (κ3) is 5.55. The minimum Gasteiger partial charge on any atom is -0.336 e. The van der Waals surface area contributed by atoms with Gasteiger partial charge < -0.3 is 10.6 Å². The monoisotopic (exact) mass is 387 g/mol. The quantitative estimate of drug-likeness (QED) is 0.822. The number of piperazine rings is 1. The van der Waals surface area contributed by atoms with Crippen molar-refractivity contribution in [2.24, 2.45) is 5.73 Å². The fourth-order valence-electron chi connectivity index (χ4n) is 3.68. The van der Waals surface area contributed by atoms with Crippen LogP contribution < -0.4 is 5.73 Å². The number of carbonyl (C=O) groups excluding carboxylic acids is 1. The van der Waals surface area contributed by atoms with E-state index in [4.69, 9.17) is 5.73 Å². The van der Waals surface area contributed by atoms with Crippen LogP contribution in [0.5, 0.6) is 0 Å². The molecule has 0 aliphatic carbocycles. The molecule has 146 valence electrons. The SMILES string of the molecule is CCCC1CN(C(=O)c2ccc(CN)cc2)CCN1Cc1ccccc1.Cl. The highest BCUT2D eigenvalue weighted by atomic mass is 35.5. The molecule has 1 heterocycles. The van der Waals surface area contributed by atoms with Gasteiger partial charge in [-0.15, -0.1) is 12.4 Å². The number of halogens is 1. The molecule has 0 bridgehead atoms. The molecule has 2 aromatic carbocycles. The maximum atomic E-state index is 12.9. The Labute approximate surface area is 168 Å². The first-order valence-electron chi connectivity index (χ1n) is 9.57. The van der Waals surface area contributed by atoms with Gasteiger partial charge in [-0.05, 0) is 29.7 Å². The maximum Gasteiger partial charge on any atom is 0.253 e. The molecular weight excluding hydrogens is 358 g/mol. The minimum atomic E-state index is 0. The van der Waals surface area contributed by atoms with Crippen molar-refractivity contribution in [2.45, 2.75) is 38.9 Å². The van der Waals surface area contributed by atoms with E-state index in [1.165, 1.54) is 5.56 Å². The van der Waals surface area contributed by atoms with Crippen molar-refractivity contribution < 1.29 is 4.79 Å². The van der Waals surface area contributed by atoms with Crippen LogP contribution in [0.2, 0.25) is 0 Å². The molecule has 1 aliphatic heterocycles. The number of hydrogen-bond donors (Lipinski definition) is 1. The average Bonchev–Trinajstić information content (AvgIpc) is 2.70. The number of amides is 1. The van der Waals surface area contributed by atoms with E-state index in [1.807, 2.05) is 29.2 Å². The third-order valence-corrected chi connectivity index (χ3v) is 5.18. The summed E-state index contributed by atoms with van der Waals surface area (Å²) in [5.41, 5.74) is 8.80. The molecule has 1 amide bonds. The average molecular weight is 388 g/mol. The zero-order valence-electron chi connectivity index (χ0n) is 16.0. The van der Waals surface area contributed by atoms with E-state index in [-0.39, 0.29) is 18.3 Å². The minimum absolute atomic E-state index is 0. The van der Waals surface area contributed by atoms with Crippen LogP contribution in [0.4, 0.5) is 0 Å². The molecule has 27 heavy (non-hydrogen) atoms. The highest BCUT2D eigenvalue weighted by Gasteiger charge is 2.29. The topological polar surface area (TPSA) is 49.6 Å². The van der Waals surface area contributed by atoms with Crippen molar-refractivity contribution in [2.75, 3.05) is 19.6 Å². The first kappa shape index (κ1) is 21.4. The Morgan fingerprint density at radius 2 is 1.74 bits per heavy atom. The molecule has 0 spiro atoms. The van der Waals surface area contributed by atoms with Crippen LogP contribution in [-0.2, 0) is 13.1 Å². The van der Waals surface area contributed by atoms with Gasteiger partial charge in [0.05, 0.1) is 0 Å². The summed E-state index contributed by atoms with van der Waals surface area (Å²) in [5, 5.41) is 0. The highest BCUT2D eigenvalue weighted by molar-refractivity contribution is 5.94. The lowest BCUT2D eigenvalue weighted by Crippen LogP contribution is -2.54. The van der Waals surface area contributed by atoms with E-state index < -0.39 is 0 Å². The van der Waals surface area contributed by atoms with Gasteiger partial charge in [0.15, 0.2) is 0 Å². The Hall–Kier alpha value is -1.88. The summed E-state index contributed by atoms with van der Waals surface area (Å²) in [7, 11) is 0. The number of nitrogens with two attached hydrogens (primary N) is 1. The van der Waals surface area contributed by atoms with E-state index in [2.05, 4.69) is 42.2 Å². The zero-order valence-corrected chi connectivity index (χ0v) is 16.8. The molecule has 2 N–H and O–H groups in total. The van der Waals surface area contributed by atoms with Crippen molar-refractivity contribution in [1.29, 1.82) is 0 Å². The van der Waals surface area contributed by atoms with Crippen LogP contribution in [0.3, 0.4) is 0 Å². The van der Waals surface area contributed by atoms with Crippen molar-refractivity contribution in [3.63, 3.8) is 0 Å². The number of carbonyl (C=O) groups is 1. The lowest BCUT2D eigenvalue weighted by Gasteiger charge is -2.41. The van der Waals surface area contributed by atoms with Crippen molar-refractivity contribution in [3.05, 3.63) is 71.3 Å². The molecule has 0 radical (unpaired) electrons. The smallest absolute Gasteiger partial charge is 0.253 e. The number of rotatable bonds is 6. The molecule has 1 fully saturated rings. The zero-order chi connectivity index (χ0) is 18.4. The molecule has 5 heteroatoms. The molecule has 1 unspecified atom stereocenters. The fraction of sp³-hybridized carbons (Fsp3) is 0.409. The Kier molecular flexibility index (Phi) is 8.29. The molecule has 3 rings (SSSR count). The van der Waals surface area contributed by atoms with Crippen LogP contribution in [-0.4, -0.2) is 41.4 Å². The lowest BCUT2D eigenvalue weighted by atomic mass is 10.0. The summed E-state index contributed by atoms with van der Waals surface area (Å²) >= 11 is 0. The van der Waals surface area contributed by atoms with Gasteiger partial charge in [-0.3, -0.25) is 9.69 Å². The van der Waals surface area contributed by atoms with Gasteiger partial charge in [0, 0.05) is 44.3 Å². The Bertz CT molecular complexity index is 705. The van der Waals surface area contributed by atoms with Crippen LogP contribution in [0.15, 0.2) is 54.6 Å². The lowest BCUT2D eigenvalue weighted by molar-refractivity contribution is 0.0438. The normalized spacial score (nSPS) is 17.4. The molecule has 0 saturated carbocycles. The van der Waals surface area contributed by atoms with Gasteiger partial charge in [0.1, 0.15) is 0 Å². The standard InChI is InChI=1S/C22H29N3O.ClH/c1-2-6-21-17-25(22(26)20-11-9-18(15-23)10-12-20)14-13-24(21)16-19-7-4-3-5-8-19;/h3-5,7-12,21H,2,6,13-17,23H2,1H3;1H. The molecule has 1 saturated heterocycles. The van der Waals surface area contributed by atoms with Crippen LogP contribution in [0.25, 0.3) is 0 Å². The van der Waals surface area contributed by atoms with E-state index in [0.29, 0.717) is 12.6 Å². The fourth-order valence-corrected chi connectivity index (χ4v) is 3.68. The first-order valence-corrected chi connectivity index (χ1v) is 9.57. The second kappa shape index (κ2) is 10.5. The molecule has 2 aromatic rings. The number of benzene rings is 2. The molecule has 1 atom stereocenters. The van der Waals surface area contributed by atoms with Crippen LogP contribution >= 0.6 is 12.4 Å². The van der Waals surface area contributed by atoms with Gasteiger partial charge in [0.25, 0.3) is 5.91 Å². The Morgan fingerprint density at radius 3 is 2.37 bits per heavy atom. The third-order valence-electron chi connectivity index (χ3n) is 5.18. The summed E-state index contributed by atoms with van der Waals surface area (Å²) in [5.74, 6) is 0.133. The maximum absolute atomic E-state index is 12.9. The summed E-state index contributed by atoms with van der Waals surface area (Å²) < 4.78 is 0. The summed E-state index contributed by atoms with van der Waals surface area (Å²) in [4.78, 5) is 17.4. The van der Waals surface area contributed by atoms with Crippen molar-refractivity contribution in [1.82, 2.24) is 9.80 Å². The van der Waals surface area contributed by atoms with Gasteiger partial charge in [-0.1, -0.05) is 55.8 Å². The molecule has 1 aliphatic rings. The van der Waals surface area contributed by atoms with Gasteiger partial charge >= 0.3 is 0 Å². The molecule has 0 aromatic heterocycles. The summed E-state index contributed by atoms with van der Waals surface area (Å²) in [6, 6.07) is 18.7. The molecule has 4 nitrogen and oxygen atoms in total. The summed E-state index contributed by atoms with van der Waals surface area (Å²) in [6.45, 7) is 6.19.